The zero-order valence-corrected chi connectivity index (χ0v) is 17.5. The lowest BCUT2D eigenvalue weighted by Crippen LogP contribution is -2.42. The first-order chi connectivity index (χ1) is 15.2. The topological polar surface area (TPSA) is 107 Å². The van der Waals surface area contributed by atoms with Crippen LogP contribution >= 0.6 is 0 Å². The van der Waals surface area contributed by atoms with Crippen LogP contribution in [0.5, 0.6) is 5.75 Å². The van der Waals surface area contributed by atoms with Crippen molar-refractivity contribution in [2.75, 3.05) is 40.0 Å². The van der Waals surface area contributed by atoms with Crippen molar-refractivity contribution in [2.24, 2.45) is 0 Å². The number of nitrogens with one attached hydrogen (secondary N) is 1. The molecule has 2 atom stereocenters. The van der Waals surface area contributed by atoms with E-state index in [0.29, 0.717) is 44.2 Å². The molecule has 1 aromatic carbocycles. The summed E-state index contributed by atoms with van der Waals surface area (Å²) in [5, 5.41) is 13.4. The van der Waals surface area contributed by atoms with E-state index < -0.39 is 0 Å². The summed E-state index contributed by atoms with van der Waals surface area (Å²) in [4.78, 5) is 18.4. The average molecular weight is 426 g/mol. The molecule has 1 N–H and O–H groups in total. The van der Waals surface area contributed by atoms with E-state index in [2.05, 4.69) is 25.4 Å². The minimum absolute atomic E-state index is 0.0896. The van der Waals surface area contributed by atoms with Crippen molar-refractivity contribution in [3.63, 3.8) is 0 Å². The predicted molar refractivity (Wildman–Crippen MR) is 112 cm³/mol. The Morgan fingerprint density at radius 3 is 2.90 bits per heavy atom. The zero-order valence-electron chi connectivity index (χ0n) is 17.5. The summed E-state index contributed by atoms with van der Waals surface area (Å²) in [5.41, 5.74) is 1.21. The molecule has 0 amide bonds. The molecule has 10 heteroatoms. The highest BCUT2D eigenvalue weighted by molar-refractivity contribution is 5.80. The smallest absolute Gasteiger partial charge is 0.253 e. The fourth-order valence-electron chi connectivity index (χ4n) is 4.39. The van der Waals surface area contributed by atoms with Crippen molar-refractivity contribution in [3.05, 3.63) is 46.0 Å². The standard InChI is InChI=1S/C21H26N6O4/c1-29-15-4-5-18-14(11-15)12-17(21(28)22-18)19(26-6-9-30-10-7-26)20-23-24-25-27(20)13-16-3-2-8-31-16/h4-5,11-12,16,19H,2-3,6-10,13H2,1H3,(H,22,28)/t16-,19-/m0/s1. The highest BCUT2D eigenvalue weighted by atomic mass is 16.5. The molecule has 4 heterocycles. The number of tetrazole rings is 1. The highest BCUT2D eigenvalue weighted by Crippen LogP contribution is 2.29. The van der Waals surface area contributed by atoms with E-state index in [9.17, 15) is 4.79 Å². The number of nitrogens with zero attached hydrogens (tertiary/aromatic N) is 5. The highest BCUT2D eigenvalue weighted by Gasteiger charge is 2.32. The van der Waals surface area contributed by atoms with Gasteiger partial charge in [-0.05, 0) is 47.5 Å². The Balaban J connectivity index is 1.59. The van der Waals surface area contributed by atoms with Crippen molar-refractivity contribution in [1.29, 1.82) is 0 Å². The molecule has 0 unspecified atom stereocenters. The Morgan fingerprint density at radius 2 is 2.13 bits per heavy atom. The third kappa shape index (κ3) is 4.06. The lowest BCUT2D eigenvalue weighted by molar-refractivity contribution is 0.0205. The first-order valence-electron chi connectivity index (χ1n) is 10.6. The van der Waals surface area contributed by atoms with Gasteiger partial charge in [-0.2, -0.15) is 0 Å². The van der Waals surface area contributed by atoms with Gasteiger partial charge in [-0.3, -0.25) is 9.69 Å². The molecule has 2 aromatic heterocycles. The molecule has 0 saturated carbocycles. The van der Waals surface area contributed by atoms with Crippen molar-refractivity contribution in [1.82, 2.24) is 30.1 Å². The van der Waals surface area contributed by atoms with Crippen molar-refractivity contribution >= 4 is 10.9 Å². The van der Waals surface area contributed by atoms with Gasteiger partial charge in [-0.1, -0.05) is 0 Å². The average Bonchev–Trinajstić information content (AvgIpc) is 3.48. The maximum absolute atomic E-state index is 13.2. The molecule has 5 rings (SSSR count). The number of benzene rings is 1. The molecule has 2 fully saturated rings. The van der Waals surface area contributed by atoms with Gasteiger partial charge in [-0.25, -0.2) is 4.68 Å². The van der Waals surface area contributed by atoms with E-state index in [-0.39, 0.29) is 17.7 Å². The van der Waals surface area contributed by atoms with Gasteiger partial charge in [0.2, 0.25) is 0 Å². The molecule has 31 heavy (non-hydrogen) atoms. The Labute approximate surface area is 179 Å². The van der Waals surface area contributed by atoms with E-state index in [1.165, 1.54) is 0 Å². The molecule has 164 valence electrons. The monoisotopic (exact) mass is 426 g/mol. The molecule has 10 nitrogen and oxygen atoms in total. The molecular weight excluding hydrogens is 400 g/mol. The van der Waals surface area contributed by atoms with E-state index in [1.807, 2.05) is 24.3 Å². The molecule has 2 aliphatic rings. The first kappa shape index (κ1) is 20.1. The largest absolute Gasteiger partial charge is 0.497 e. The van der Waals surface area contributed by atoms with Gasteiger partial charge in [-0.15, -0.1) is 5.10 Å². The lowest BCUT2D eigenvalue weighted by Gasteiger charge is -2.33. The minimum atomic E-state index is -0.389. The van der Waals surface area contributed by atoms with Gasteiger partial charge in [0.05, 0.1) is 33.0 Å². The van der Waals surface area contributed by atoms with Crippen LogP contribution in [-0.4, -0.2) is 76.2 Å². The third-order valence-electron chi connectivity index (χ3n) is 5.99. The number of rotatable bonds is 6. The van der Waals surface area contributed by atoms with Crippen LogP contribution in [0.4, 0.5) is 0 Å². The second kappa shape index (κ2) is 8.74. The third-order valence-corrected chi connectivity index (χ3v) is 5.99. The van der Waals surface area contributed by atoms with Crippen LogP contribution in [0.2, 0.25) is 0 Å². The SMILES string of the molecule is COc1ccc2[nH]c(=O)c([C@@H](c3nnnn3C[C@@H]3CCCO3)N3CCOCC3)cc2c1. The number of pyridine rings is 1. The van der Waals surface area contributed by atoms with Crippen LogP contribution < -0.4 is 10.3 Å². The lowest BCUT2D eigenvalue weighted by atomic mass is 10.0. The number of hydrogen-bond acceptors (Lipinski definition) is 8. The van der Waals surface area contributed by atoms with Crippen LogP contribution in [0.1, 0.15) is 30.3 Å². The van der Waals surface area contributed by atoms with E-state index in [0.717, 1.165) is 36.1 Å². The number of aromatic nitrogens is 5. The van der Waals surface area contributed by atoms with Crippen LogP contribution in [0.15, 0.2) is 29.1 Å². The summed E-state index contributed by atoms with van der Waals surface area (Å²) in [6, 6.07) is 7.13. The number of H-pyrrole nitrogens is 1. The molecule has 0 aliphatic carbocycles. The van der Waals surface area contributed by atoms with Crippen LogP contribution in [0.3, 0.4) is 0 Å². The molecule has 2 aliphatic heterocycles. The zero-order chi connectivity index (χ0) is 21.2. The summed E-state index contributed by atoms with van der Waals surface area (Å²) in [6.45, 7) is 3.91. The number of methoxy groups -OCH3 is 1. The molecular formula is C21H26N6O4. The number of hydrogen-bond donors (Lipinski definition) is 1. The summed E-state index contributed by atoms with van der Waals surface area (Å²) in [6.07, 6.45) is 2.12. The van der Waals surface area contributed by atoms with Gasteiger partial charge >= 0.3 is 0 Å². The molecule has 0 bridgehead atoms. The Kier molecular flexibility index (Phi) is 5.66. The van der Waals surface area contributed by atoms with Crippen molar-refractivity contribution in [2.45, 2.75) is 31.5 Å². The van der Waals surface area contributed by atoms with Gasteiger partial charge < -0.3 is 19.2 Å². The van der Waals surface area contributed by atoms with Gasteiger partial charge in [0.1, 0.15) is 11.8 Å². The van der Waals surface area contributed by atoms with Gasteiger partial charge in [0, 0.05) is 36.2 Å². The summed E-state index contributed by atoms with van der Waals surface area (Å²) < 4.78 is 18.5. The van der Waals surface area contributed by atoms with Crippen molar-refractivity contribution < 1.29 is 14.2 Å². The minimum Gasteiger partial charge on any atom is -0.497 e. The maximum Gasteiger partial charge on any atom is 0.253 e. The number of ether oxygens (including phenoxy) is 3. The number of aromatic amines is 1. The number of fused-ring (bicyclic) bond motifs is 1. The van der Waals surface area contributed by atoms with E-state index >= 15 is 0 Å². The fourth-order valence-corrected chi connectivity index (χ4v) is 4.39. The maximum atomic E-state index is 13.2. The fraction of sp³-hybridized carbons (Fsp3) is 0.524. The van der Waals surface area contributed by atoms with E-state index in [1.54, 1.807) is 11.8 Å². The van der Waals surface area contributed by atoms with Crippen LogP contribution in [-0.2, 0) is 16.0 Å². The van der Waals surface area contributed by atoms with Crippen LogP contribution in [0.25, 0.3) is 10.9 Å². The normalized spacial score (nSPS) is 20.9. The molecule has 3 aromatic rings. The first-order valence-corrected chi connectivity index (χ1v) is 10.6. The molecule has 2 saturated heterocycles. The molecule has 0 spiro atoms. The number of morpholine rings is 1. The van der Waals surface area contributed by atoms with Crippen LogP contribution in [0, 0.1) is 0 Å². The predicted octanol–water partition coefficient (Wildman–Crippen LogP) is 1.12. The summed E-state index contributed by atoms with van der Waals surface area (Å²) >= 11 is 0. The molecule has 0 radical (unpaired) electrons. The second-order valence-electron chi connectivity index (χ2n) is 7.91. The van der Waals surface area contributed by atoms with E-state index in [4.69, 9.17) is 14.2 Å². The Morgan fingerprint density at radius 1 is 1.26 bits per heavy atom. The Bertz CT molecular complexity index is 1100. The second-order valence-corrected chi connectivity index (χ2v) is 7.91. The Hall–Kier alpha value is -2.82. The van der Waals surface area contributed by atoms with Gasteiger partial charge in [0.25, 0.3) is 5.56 Å². The van der Waals surface area contributed by atoms with Gasteiger partial charge in [0.15, 0.2) is 5.82 Å². The van der Waals surface area contributed by atoms with Crippen molar-refractivity contribution in [3.8, 4) is 5.75 Å². The summed E-state index contributed by atoms with van der Waals surface area (Å²) in [5.74, 6) is 1.38. The quantitative estimate of drug-likeness (QED) is 0.625. The summed E-state index contributed by atoms with van der Waals surface area (Å²) in [7, 11) is 1.63.